The third-order valence-corrected chi connectivity index (χ3v) is 3.28. The summed E-state index contributed by atoms with van der Waals surface area (Å²) in [5, 5.41) is 5.85. The van der Waals surface area contributed by atoms with E-state index < -0.39 is 9.84 Å². The first-order valence-corrected chi connectivity index (χ1v) is 7.83. The minimum atomic E-state index is -3.00. The van der Waals surface area contributed by atoms with Crippen molar-refractivity contribution in [1.29, 1.82) is 0 Å². The summed E-state index contributed by atoms with van der Waals surface area (Å²) in [5.74, 6) is 0.223. The summed E-state index contributed by atoms with van der Waals surface area (Å²) in [6.07, 6.45) is 1.18. The summed E-state index contributed by atoms with van der Waals surface area (Å²) in [6.45, 7) is 0.692. The zero-order valence-electron chi connectivity index (χ0n) is 11.0. The van der Waals surface area contributed by atoms with E-state index in [1.807, 2.05) is 0 Å². The molecule has 2 N–H and O–H groups in total. The van der Waals surface area contributed by atoms with Gasteiger partial charge in [-0.05, 0) is 17.7 Å². The average molecular weight is 287 g/mol. The Balaban J connectivity index is 2.41. The molecule has 0 saturated heterocycles. The van der Waals surface area contributed by atoms with Gasteiger partial charge < -0.3 is 10.6 Å². The van der Waals surface area contributed by atoms with Crippen LogP contribution in [0.1, 0.15) is 5.56 Å². The quantitative estimate of drug-likeness (QED) is 0.612. The van der Waals surface area contributed by atoms with E-state index >= 15 is 0 Å². The zero-order chi connectivity index (χ0) is 14.3. The number of hydrogen-bond donors (Lipinski definition) is 2. The van der Waals surface area contributed by atoms with E-state index in [0.29, 0.717) is 12.5 Å². The number of nitrogens with zero attached hydrogens (tertiary/aromatic N) is 1. The third-order valence-electron chi connectivity index (χ3n) is 2.34. The monoisotopic (exact) mass is 287 g/mol. The summed E-state index contributed by atoms with van der Waals surface area (Å²) >= 11 is 0. The van der Waals surface area contributed by atoms with Crippen LogP contribution in [0.5, 0.6) is 0 Å². The van der Waals surface area contributed by atoms with Gasteiger partial charge in [0.15, 0.2) is 5.96 Å². The Morgan fingerprint density at radius 1 is 1.37 bits per heavy atom. The van der Waals surface area contributed by atoms with Gasteiger partial charge in [-0.2, -0.15) is 0 Å². The molecular weight excluding hydrogens is 269 g/mol. The lowest BCUT2D eigenvalue weighted by Gasteiger charge is -2.11. The van der Waals surface area contributed by atoms with Crippen molar-refractivity contribution in [3.8, 4) is 0 Å². The zero-order valence-corrected chi connectivity index (χ0v) is 11.8. The Bertz CT molecular complexity index is 544. The van der Waals surface area contributed by atoms with Gasteiger partial charge in [-0.25, -0.2) is 12.8 Å². The highest BCUT2D eigenvalue weighted by molar-refractivity contribution is 7.90. The fourth-order valence-corrected chi connectivity index (χ4v) is 1.88. The van der Waals surface area contributed by atoms with Crippen LogP contribution in [0.3, 0.4) is 0 Å². The third kappa shape index (κ3) is 6.76. The van der Waals surface area contributed by atoms with Crippen LogP contribution in [0.25, 0.3) is 0 Å². The number of halogens is 1. The minimum Gasteiger partial charge on any atom is -0.355 e. The Morgan fingerprint density at radius 3 is 2.68 bits per heavy atom. The molecule has 0 amide bonds. The lowest BCUT2D eigenvalue weighted by atomic mass is 10.2. The van der Waals surface area contributed by atoms with E-state index in [-0.39, 0.29) is 18.1 Å². The second-order valence-corrected chi connectivity index (χ2v) is 6.37. The number of benzene rings is 1. The highest BCUT2D eigenvalue weighted by Crippen LogP contribution is 2.02. The standard InChI is InChI=1S/C12H18FN3O2S/c1-14-12(15-6-7-19(2,17)18)16-9-10-4-3-5-11(13)8-10/h3-5,8H,6-7,9H2,1-2H3,(H2,14,15,16). The molecule has 0 bridgehead atoms. The van der Waals surface area contributed by atoms with Gasteiger partial charge >= 0.3 is 0 Å². The molecule has 0 aliphatic carbocycles. The molecule has 5 nitrogen and oxygen atoms in total. The van der Waals surface area contributed by atoms with Crippen molar-refractivity contribution < 1.29 is 12.8 Å². The van der Waals surface area contributed by atoms with E-state index in [1.165, 1.54) is 18.4 Å². The van der Waals surface area contributed by atoms with Crippen molar-refractivity contribution in [2.45, 2.75) is 6.54 Å². The van der Waals surface area contributed by atoms with Crippen LogP contribution >= 0.6 is 0 Å². The number of rotatable bonds is 5. The summed E-state index contributed by atoms with van der Waals surface area (Å²) in [5.41, 5.74) is 0.783. The predicted molar refractivity (Wildman–Crippen MR) is 74.3 cm³/mol. The van der Waals surface area contributed by atoms with Gasteiger partial charge in [0.2, 0.25) is 0 Å². The molecule has 1 aromatic rings. The van der Waals surface area contributed by atoms with Crippen molar-refractivity contribution in [3.63, 3.8) is 0 Å². The normalized spacial score (nSPS) is 12.3. The van der Waals surface area contributed by atoms with Crippen LogP contribution in [-0.2, 0) is 16.4 Å². The molecule has 0 unspecified atom stereocenters. The topological polar surface area (TPSA) is 70.6 Å². The van der Waals surface area contributed by atoms with Gasteiger partial charge in [0.1, 0.15) is 15.7 Å². The Labute approximate surface area is 112 Å². The van der Waals surface area contributed by atoms with Crippen molar-refractivity contribution in [1.82, 2.24) is 10.6 Å². The Hall–Kier alpha value is -1.63. The van der Waals surface area contributed by atoms with Gasteiger partial charge in [-0.1, -0.05) is 12.1 Å². The predicted octanol–water partition coefficient (Wildman–Crippen LogP) is 0.535. The summed E-state index contributed by atoms with van der Waals surface area (Å²) in [4.78, 5) is 3.95. The maximum atomic E-state index is 13.0. The molecule has 0 fully saturated rings. The lowest BCUT2D eigenvalue weighted by Crippen LogP contribution is -2.39. The fourth-order valence-electron chi connectivity index (χ4n) is 1.41. The number of aliphatic imine (C=N–C) groups is 1. The van der Waals surface area contributed by atoms with E-state index in [2.05, 4.69) is 15.6 Å². The van der Waals surface area contributed by atoms with Crippen LogP contribution in [0.15, 0.2) is 29.3 Å². The maximum absolute atomic E-state index is 13.0. The van der Waals surface area contributed by atoms with Crippen LogP contribution in [0, 0.1) is 5.82 Å². The highest BCUT2D eigenvalue weighted by atomic mass is 32.2. The molecule has 7 heteroatoms. The molecule has 0 spiro atoms. The number of hydrogen-bond acceptors (Lipinski definition) is 3. The van der Waals surface area contributed by atoms with E-state index in [4.69, 9.17) is 0 Å². The van der Waals surface area contributed by atoms with Crippen molar-refractivity contribution in [3.05, 3.63) is 35.6 Å². The van der Waals surface area contributed by atoms with Gasteiger partial charge in [0, 0.05) is 26.4 Å². The molecule has 0 saturated carbocycles. The van der Waals surface area contributed by atoms with Gasteiger partial charge in [-0.3, -0.25) is 4.99 Å². The number of sulfone groups is 1. The van der Waals surface area contributed by atoms with Crippen LogP contribution in [0.2, 0.25) is 0 Å². The van der Waals surface area contributed by atoms with Crippen LogP contribution in [0.4, 0.5) is 4.39 Å². The summed E-state index contributed by atoms with van der Waals surface area (Å²) < 4.78 is 34.9. The van der Waals surface area contributed by atoms with Gasteiger partial charge in [-0.15, -0.1) is 0 Å². The highest BCUT2D eigenvalue weighted by Gasteiger charge is 2.03. The molecule has 0 aliphatic heterocycles. The van der Waals surface area contributed by atoms with Gasteiger partial charge in [0.25, 0.3) is 0 Å². The molecule has 0 radical (unpaired) electrons. The lowest BCUT2D eigenvalue weighted by molar-refractivity contribution is 0.600. The van der Waals surface area contributed by atoms with E-state index in [9.17, 15) is 12.8 Å². The van der Waals surface area contributed by atoms with Gasteiger partial charge in [0.05, 0.1) is 5.75 Å². The molecule has 0 atom stereocenters. The first kappa shape index (κ1) is 15.4. The SMILES string of the molecule is CN=C(NCCS(C)(=O)=O)NCc1cccc(F)c1. The van der Waals surface area contributed by atoms with Crippen LogP contribution < -0.4 is 10.6 Å². The molecule has 19 heavy (non-hydrogen) atoms. The fraction of sp³-hybridized carbons (Fsp3) is 0.417. The maximum Gasteiger partial charge on any atom is 0.191 e. The number of guanidine groups is 1. The first-order valence-electron chi connectivity index (χ1n) is 5.77. The van der Waals surface area contributed by atoms with Crippen LogP contribution in [-0.4, -0.2) is 40.0 Å². The summed E-state index contributed by atoms with van der Waals surface area (Å²) in [6, 6.07) is 6.23. The summed E-state index contributed by atoms with van der Waals surface area (Å²) in [7, 11) is -1.41. The molecule has 1 aromatic carbocycles. The largest absolute Gasteiger partial charge is 0.355 e. The second-order valence-electron chi connectivity index (χ2n) is 4.11. The number of nitrogens with one attached hydrogen (secondary N) is 2. The first-order chi connectivity index (χ1) is 8.90. The molecule has 0 aromatic heterocycles. The molecule has 106 valence electrons. The average Bonchev–Trinajstić information content (AvgIpc) is 2.32. The van der Waals surface area contributed by atoms with E-state index in [0.717, 1.165) is 5.56 Å². The van der Waals surface area contributed by atoms with Crippen molar-refractivity contribution in [2.75, 3.05) is 25.6 Å². The van der Waals surface area contributed by atoms with E-state index in [1.54, 1.807) is 19.2 Å². The minimum absolute atomic E-state index is 0.0354. The molecule has 1 rings (SSSR count). The Kier molecular flexibility index (Phi) is 5.75. The molecular formula is C12H18FN3O2S. The van der Waals surface area contributed by atoms with Crippen molar-refractivity contribution in [2.24, 2.45) is 4.99 Å². The second kappa shape index (κ2) is 7.08. The molecule has 0 aliphatic rings. The Morgan fingerprint density at radius 2 is 2.11 bits per heavy atom. The smallest absolute Gasteiger partial charge is 0.191 e. The van der Waals surface area contributed by atoms with Crippen molar-refractivity contribution >= 4 is 15.8 Å². The molecule has 0 heterocycles.